The molecular weight excluding hydrogens is 178 g/mol. The fraction of sp³-hybridized carbons (Fsp3) is 0.700. The Labute approximate surface area is 84.9 Å². The summed E-state index contributed by atoms with van der Waals surface area (Å²) in [5.74, 6) is 0. The second kappa shape index (κ2) is 6.56. The Bertz CT molecular complexity index is 223. The van der Waals surface area contributed by atoms with Gasteiger partial charge in [0.1, 0.15) is 0 Å². The van der Waals surface area contributed by atoms with Crippen LogP contribution in [0.1, 0.15) is 19.8 Å². The molecule has 80 valence electrons. The normalized spacial score (nSPS) is 13.0. The molecule has 0 spiro atoms. The highest BCUT2D eigenvalue weighted by Gasteiger charge is 2.00. The maximum atomic E-state index is 8.61. The number of hydrogen-bond acceptors (Lipinski definition) is 3. The van der Waals surface area contributed by atoms with E-state index < -0.39 is 0 Å². The van der Waals surface area contributed by atoms with E-state index >= 15 is 0 Å². The van der Waals surface area contributed by atoms with Gasteiger partial charge in [-0.25, -0.2) is 0 Å². The summed E-state index contributed by atoms with van der Waals surface area (Å²) in [5.41, 5.74) is 0. The molecule has 0 aliphatic heterocycles. The van der Waals surface area contributed by atoms with Crippen LogP contribution >= 0.6 is 0 Å². The summed E-state index contributed by atoms with van der Waals surface area (Å²) in [6, 6.07) is 2.41. The molecule has 0 bridgehead atoms. The lowest BCUT2D eigenvalue weighted by Crippen LogP contribution is -2.28. The van der Waals surface area contributed by atoms with E-state index in [1.54, 1.807) is 6.20 Å². The molecule has 0 aliphatic rings. The first-order valence-corrected chi connectivity index (χ1v) is 5.14. The van der Waals surface area contributed by atoms with Crippen molar-refractivity contribution in [3.8, 4) is 0 Å². The van der Waals surface area contributed by atoms with E-state index in [-0.39, 0.29) is 6.61 Å². The van der Waals surface area contributed by atoms with Crippen molar-refractivity contribution in [2.45, 2.75) is 32.4 Å². The highest BCUT2D eigenvalue weighted by molar-refractivity contribution is 4.78. The van der Waals surface area contributed by atoms with Crippen LogP contribution in [0.25, 0.3) is 0 Å². The second-order valence-electron chi connectivity index (χ2n) is 3.49. The predicted octanol–water partition coefficient (Wildman–Crippen LogP) is 0.634. The third kappa shape index (κ3) is 4.39. The first-order valence-electron chi connectivity index (χ1n) is 5.14. The molecule has 1 unspecified atom stereocenters. The maximum Gasteiger partial charge on any atom is 0.0489 e. The Balaban J connectivity index is 2.06. The van der Waals surface area contributed by atoms with Gasteiger partial charge >= 0.3 is 0 Å². The molecule has 1 aromatic rings. The minimum absolute atomic E-state index is 0.263. The van der Waals surface area contributed by atoms with Gasteiger partial charge in [0.2, 0.25) is 0 Å². The van der Waals surface area contributed by atoms with Crippen molar-refractivity contribution in [2.75, 3.05) is 13.2 Å². The highest BCUT2D eigenvalue weighted by atomic mass is 16.3. The molecule has 1 rings (SSSR count). The van der Waals surface area contributed by atoms with Crippen LogP contribution in [-0.4, -0.2) is 34.1 Å². The molecule has 0 fully saturated rings. The first-order chi connectivity index (χ1) is 6.83. The molecule has 14 heavy (non-hydrogen) atoms. The lowest BCUT2D eigenvalue weighted by atomic mass is 10.2. The van der Waals surface area contributed by atoms with Crippen molar-refractivity contribution in [3.05, 3.63) is 18.5 Å². The van der Waals surface area contributed by atoms with Gasteiger partial charge in [-0.05, 0) is 32.4 Å². The number of aliphatic hydroxyl groups excluding tert-OH is 1. The van der Waals surface area contributed by atoms with Crippen molar-refractivity contribution in [1.82, 2.24) is 15.1 Å². The van der Waals surface area contributed by atoms with Crippen LogP contribution in [0.15, 0.2) is 18.5 Å². The zero-order valence-corrected chi connectivity index (χ0v) is 8.69. The van der Waals surface area contributed by atoms with Crippen LogP contribution in [0.3, 0.4) is 0 Å². The van der Waals surface area contributed by atoms with Gasteiger partial charge in [-0.15, -0.1) is 0 Å². The average molecular weight is 197 g/mol. The van der Waals surface area contributed by atoms with E-state index in [0.29, 0.717) is 6.04 Å². The molecule has 0 saturated carbocycles. The summed E-state index contributed by atoms with van der Waals surface area (Å²) in [4.78, 5) is 0. The van der Waals surface area contributed by atoms with E-state index in [1.165, 1.54) is 0 Å². The number of aliphatic hydroxyl groups is 1. The van der Waals surface area contributed by atoms with Gasteiger partial charge < -0.3 is 10.4 Å². The van der Waals surface area contributed by atoms with Crippen molar-refractivity contribution < 1.29 is 5.11 Å². The van der Waals surface area contributed by atoms with Crippen LogP contribution < -0.4 is 5.32 Å². The van der Waals surface area contributed by atoms with E-state index in [1.807, 2.05) is 16.9 Å². The van der Waals surface area contributed by atoms with Gasteiger partial charge in [0.15, 0.2) is 0 Å². The molecule has 0 aliphatic carbocycles. The summed E-state index contributed by atoms with van der Waals surface area (Å²) in [6.45, 7) is 4.25. The van der Waals surface area contributed by atoms with Crippen LogP contribution in [0.4, 0.5) is 0 Å². The van der Waals surface area contributed by atoms with Crippen LogP contribution in [-0.2, 0) is 6.54 Å². The van der Waals surface area contributed by atoms with Gasteiger partial charge in [0.05, 0.1) is 0 Å². The Kier molecular flexibility index (Phi) is 5.25. The molecule has 1 aromatic heterocycles. The third-order valence-corrected chi connectivity index (χ3v) is 2.18. The highest BCUT2D eigenvalue weighted by Crippen LogP contribution is 1.95. The fourth-order valence-corrected chi connectivity index (χ4v) is 1.29. The van der Waals surface area contributed by atoms with Gasteiger partial charge in [0.25, 0.3) is 0 Å². The molecule has 0 amide bonds. The predicted molar refractivity (Wildman–Crippen MR) is 56.0 cm³/mol. The maximum absolute atomic E-state index is 8.61. The molecule has 4 nitrogen and oxygen atoms in total. The Morgan fingerprint density at radius 2 is 2.43 bits per heavy atom. The van der Waals surface area contributed by atoms with Crippen molar-refractivity contribution in [3.63, 3.8) is 0 Å². The van der Waals surface area contributed by atoms with Gasteiger partial charge in [0, 0.05) is 31.6 Å². The van der Waals surface area contributed by atoms with Crippen molar-refractivity contribution in [2.24, 2.45) is 0 Å². The fourth-order valence-electron chi connectivity index (χ4n) is 1.29. The topological polar surface area (TPSA) is 50.1 Å². The zero-order chi connectivity index (χ0) is 10.2. The van der Waals surface area contributed by atoms with Crippen molar-refractivity contribution >= 4 is 0 Å². The number of aryl methyl sites for hydroxylation is 1. The van der Waals surface area contributed by atoms with E-state index in [9.17, 15) is 0 Å². The minimum Gasteiger partial charge on any atom is -0.396 e. The third-order valence-electron chi connectivity index (χ3n) is 2.18. The Morgan fingerprint density at radius 1 is 1.57 bits per heavy atom. The lowest BCUT2D eigenvalue weighted by molar-refractivity contribution is 0.282. The molecule has 2 N–H and O–H groups in total. The smallest absolute Gasteiger partial charge is 0.0489 e. The summed E-state index contributed by atoms with van der Waals surface area (Å²) in [7, 11) is 0. The number of nitrogens with zero attached hydrogens (tertiary/aromatic N) is 2. The number of aromatic nitrogens is 2. The monoisotopic (exact) mass is 197 g/mol. The van der Waals surface area contributed by atoms with E-state index in [4.69, 9.17) is 5.11 Å². The standard InChI is InChI=1S/C10H19N3O/c1-10(11-5-3-9-14)4-8-13-7-2-6-12-13/h2,6-7,10-11,14H,3-5,8-9H2,1H3. The average Bonchev–Trinajstić information content (AvgIpc) is 2.68. The van der Waals surface area contributed by atoms with Gasteiger partial charge in [-0.2, -0.15) is 5.10 Å². The summed E-state index contributed by atoms with van der Waals surface area (Å²) < 4.78 is 1.93. The summed E-state index contributed by atoms with van der Waals surface area (Å²) >= 11 is 0. The first kappa shape index (κ1) is 11.2. The Morgan fingerprint density at radius 3 is 3.07 bits per heavy atom. The van der Waals surface area contributed by atoms with Crippen molar-refractivity contribution in [1.29, 1.82) is 0 Å². The van der Waals surface area contributed by atoms with Gasteiger partial charge in [-0.1, -0.05) is 0 Å². The van der Waals surface area contributed by atoms with Crippen LogP contribution in [0.2, 0.25) is 0 Å². The summed E-state index contributed by atoms with van der Waals surface area (Å²) in [6.07, 6.45) is 5.66. The van der Waals surface area contributed by atoms with Crippen LogP contribution in [0.5, 0.6) is 0 Å². The minimum atomic E-state index is 0.263. The van der Waals surface area contributed by atoms with E-state index in [2.05, 4.69) is 17.3 Å². The molecule has 1 heterocycles. The van der Waals surface area contributed by atoms with E-state index in [0.717, 1.165) is 25.9 Å². The number of hydrogen-bond donors (Lipinski definition) is 2. The molecule has 0 aromatic carbocycles. The quantitative estimate of drug-likeness (QED) is 0.630. The SMILES string of the molecule is CC(CCn1cccn1)NCCCO. The molecule has 0 saturated heterocycles. The largest absolute Gasteiger partial charge is 0.396 e. The molecular formula is C10H19N3O. The number of nitrogens with one attached hydrogen (secondary N) is 1. The summed E-state index contributed by atoms with van der Waals surface area (Å²) in [5, 5.41) is 16.1. The zero-order valence-electron chi connectivity index (χ0n) is 8.69. The Hall–Kier alpha value is -0.870. The molecule has 1 atom stereocenters. The van der Waals surface area contributed by atoms with Crippen LogP contribution in [0, 0.1) is 0 Å². The second-order valence-corrected chi connectivity index (χ2v) is 3.49. The number of rotatable bonds is 7. The van der Waals surface area contributed by atoms with Gasteiger partial charge in [-0.3, -0.25) is 4.68 Å². The lowest BCUT2D eigenvalue weighted by Gasteiger charge is -2.12. The molecule has 4 heteroatoms. The molecule has 0 radical (unpaired) electrons.